The molecule has 1 aromatic heterocycles. The van der Waals surface area contributed by atoms with Gasteiger partial charge >= 0.3 is 0 Å². The Morgan fingerprint density at radius 2 is 2.35 bits per heavy atom. The maximum atomic E-state index is 11.7. The molecule has 0 saturated heterocycles. The lowest BCUT2D eigenvalue weighted by Crippen LogP contribution is -2.27. The minimum Gasteiger partial charge on any atom is -0.381 e. The first-order chi connectivity index (χ1) is 8.15. The molecule has 1 amide bonds. The lowest BCUT2D eigenvalue weighted by Gasteiger charge is -2.05. The van der Waals surface area contributed by atoms with Crippen molar-refractivity contribution in [2.24, 2.45) is 7.05 Å². The molecular weight excluding hydrogens is 286 g/mol. The standard InChI is InChI=1S/C11H18BrN3O2/c1-9-8-10(15(2)14-9)11(16)13-5-3-6-17-7-4-12/h8H,3-7H2,1-2H3,(H,13,16). The van der Waals surface area contributed by atoms with Gasteiger partial charge in [0.1, 0.15) is 5.69 Å². The highest BCUT2D eigenvalue weighted by molar-refractivity contribution is 9.09. The van der Waals surface area contributed by atoms with Crippen LogP contribution in [-0.4, -0.2) is 40.8 Å². The van der Waals surface area contributed by atoms with Gasteiger partial charge in [0.25, 0.3) is 5.91 Å². The van der Waals surface area contributed by atoms with Gasteiger partial charge in [0.05, 0.1) is 12.3 Å². The number of carbonyl (C=O) groups excluding carboxylic acids is 1. The Labute approximate surface area is 110 Å². The molecule has 0 atom stereocenters. The summed E-state index contributed by atoms with van der Waals surface area (Å²) < 4.78 is 6.87. The molecule has 0 saturated carbocycles. The number of rotatable bonds is 7. The van der Waals surface area contributed by atoms with Crippen molar-refractivity contribution in [1.82, 2.24) is 15.1 Å². The third-order valence-corrected chi connectivity index (χ3v) is 2.53. The number of nitrogens with one attached hydrogen (secondary N) is 1. The first-order valence-corrected chi connectivity index (χ1v) is 6.70. The van der Waals surface area contributed by atoms with Crippen LogP contribution >= 0.6 is 15.9 Å². The number of ether oxygens (including phenoxy) is 1. The van der Waals surface area contributed by atoms with Crippen LogP contribution in [0.2, 0.25) is 0 Å². The van der Waals surface area contributed by atoms with Crippen LogP contribution in [0.3, 0.4) is 0 Å². The van der Waals surface area contributed by atoms with E-state index in [1.165, 1.54) is 0 Å². The molecule has 96 valence electrons. The molecule has 0 aliphatic heterocycles. The summed E-state index contributed by atoms with van der Waals surface area (Å²) in [6.45, 7) is 3.85. The highest BCUT2D eigenvalue weighted by Crippen LogP contribution is 2.01. The molecule has 0 aromatic carbocycles. The molecule has 1 aromatic rings. The van der Waals surface area contributed by atoms with Crippen LogP contribution in [-0.2, 0) is 11.8 Å². The summed E-state index contributed by atoms with van der Waals surface area (Å²) in [7, 11) is 1.76. The van der Waals surface area contributed by atoms with E-state index in [0.717, 1.165) is 17.4 Å². The van der Waals surface area contributed by atoms with Crippen molar-refractivity contribution in [2.75, 3.05) is 25.1 Å². The van der Waals surface area contributed by atoms with Gasteiger partial charge in [-0.25, -0.2) is 0 Å². The van der Waals surface area contributed by atoms with Crippen molar-refractivity contribution in [3.63, 3.8) is 0 Å². The lowest BCUT2D eigenvalue weighted by atomic mass is 10.3. The molecule has 0 fully saturated rings. The van der Waals surface area contributed by atoms with Crippen LogP contribution in [0.15, 0.2) is 6.07 Å². The van der Waals surface area contributed by atoms with Gasteiger partial charge in [0.15, 0.2) is 0 Å². The number of hydrogen-bond acceptors (Lipinski definition) is 3. The summed E-state index contributed by atoms with van der Waals surface area (Å²) in [5.74, 6) is -0.0893. The second-order valence-electron chi connectivity index (χ2n) is 3.71. The van der Waals surface area contributed by atoms with Gasteiger partial charge in [0.2, 0.25) is 0 Å². The van der Waals surface area contributed by atoms with E-state index in [0.29, 0.717) is 25.5 Å². The quantitative estimate of drug-likeness (QED) is 0.609. The smallest absolute Gasteiger partial charge is 0.269 e. The molecule has 0 spiro atoms. The predicted molar refractivity (Wildman–Crippen MR) is 69.5 cm³/mol. The Balaban J connectivity index is 2.23. The normalized spacial score (nSPS) is 10.5. The van der Waals surface area contributed by atoms with Gasteiger partial charge in [-0.05, 0) is 19.4 Å². The predicted octanol–water partition coefficient (Wildman–Crippen LogP) is 1.26. The van der Waals surface area contributed by atoms with E-state index in [1.807, 2.05) is 6.92 Å². The number of aryl methyl sites for hydroxylation is 2. The molecule has 0 aliphatic carbocycles. The fraction of sp³-hybridized carbons (Fsp3) is 0.636. The van der Waals surface area contributed by atoms with Crippen LogP contribution < -0.4 is 5.32 Å². The van der Waals surface area contributed by atoms with Gasteiger partial charge in [-0.2, -0.15) is 5.10 Å². The molecular formula is C11H18BrN3O2. The van der Waals surface area contributed by atoms with Gasteiger partial charge in [-0.3, -0.25) is 9.48 Å². The number of aromatic nitrogens is 2. The minimum absolute atomic E-state index is 0.0893. The molecule has 1 rings (SSSR count). The summed E-state index contributed by atoms with van der Waals surface area (Å²) in [5.41, 5.74) is 1.43. The van der Waals surface area contributed by atoms with E-state index in [2.05, 4.69) is 26.3 Å². The van der Waals surface area contributed by atoms with E-state index >= 15 is 0 Å². The molecule has 1 heterocycles. The van der Waals surface area contributed by atoms with Crippen molar-refractivity contribution < 1.29 is 9.53 Å². The largest absolute Gasteiger partial charge is 0.381 e. The zero-order valence-corrected chi connectivity index (χ0v) is 11.8. The number of hydrogen-bond donors (Lipinski definition) is 1. The minimum atomic E-state index is -0.0893. The SMILES string of the molecule is Cc1cc(C(=O)NCCCOCCBr)n(C)n1. The maximum Gasteiger partial charge on any atom is 0.269 e. The molecule has 0 unspecified atom stereocenters. The molecule has 17 heavy (non-hydrogen) atoms. The van der Waals surface area contributed by atoms with Crippen molar-refractivity contribution >= 4 is 21.8 Å². The van der Waals surface area contributed by atoms with Gasteiger partial charge in [0, 0.05) is 25.5 Å². The first kappa shape index (κ1) is 14.2. The number of alkyl halides is 1. The average Bonchev–Trinajstić information content (AvgIpc) is 2.62. The summed E-state index contributed by atoms with van der Waals surface area (Å²) in [6, 6.07) is 1.77. The van der Waals surface area contributed by atoms with Gasteiger partial charge in [-0.1, -0.05) is 15.9 Å². The fourth-order valence-corrected chi connectivity index (χ4v) is 1.68. The third kappa shape index (κ3) is 4.87. The monoisotopic (exact) mass is 303 g/mol. The highest BCUT2D eigenvalue weighted by atomic mass is 79.9. The summed E-state index contributed by atoms with van der Waals surface area (Å²) >= 11 is 3.28. The molecule has 5 nitrogen and oxygen atoms in total. The number of amides is 1. The zero-order valence-electron chi connectivity index (χ0n) is 10.2. The van der Waals surface area contributed by atoms with E-state index in [1.54, 1.807) is 17.8 Å². The van der Waals surface area contributed by atoms with E-state index in [9.17, 15) is 4.79 Å². The van der Waals surface area contributed by atoms with E-state index in [4.69, 9.17) is 4.74 Å². The van der Waals surface area contributed by atoms with Crippen molar-refractivity contribution in [3.05, 3.63) is 17.5 Å². The Morgan fingerprint density at radius 1 is 1.59 bits per heavy atom. The van der Waals surface area contributed by atoms with E-state index in [-0.39, 0.29) is 5.91 Å². The van der Waals surface area contributed by atoms with Gasteiger partial charge in [-0.15, -0.1) is 0 Å². The summed E-state index contributed by atoms with van der Waals surface area (Å²) in [5, 5.41) is 7.81. The van der Waals surface area contributed by atoms with Crippen LogP contribution in [0.4, 0.5) is 0 Å². The molecule has 0 bridgehead atoms. The highest BCUT2D eigenvalue weighted by Gasteiger charge is 2.10. The summed E-state index contributed by atoms with van der Waals surface area (Å²) in [4.78, 5) is 11.7. The second-order valence-corrected chi connectivity index (χ2v) is 4.50. The van der Waals surface area contributed by atoms with Crippen LogP contribution in [0.5, 0.6) is 0 Å². The fourth-order valence-electron chi connectivity index (χ4n) is 1.45. The van der Waals surface area contributed by atoms with Crippen molar-refractivity contribution in [1.29, 1.82) is 0 Å². The number of nitrogens with zero attached hydrogens (tertiary/aromatic N) is 2. The number of carbonyl (C=O) groups is 1. The Kier molecular flexibility index (Phi) is 6.21. The number of halogens is 1. The first-order valence-electron chi connectivity index (χ1n) is 5.57. The average molecular weight is 304 g/mol. The van der Waals surface area contributed by atoms with Crippen LogP contribution in [0.25, 0.3) is 0 Å². The Morgan fingerprint density at radius 3 is 2.94 bits per heavy atom. The Hall–Kier alpha value is -0.880. The van der Waals surface area contributed by atoms with Crippen molar-refractivity contribution in [2.45, 2.75) is 13.3 Å². The molecule has 6 heteroatoms. The van der Waals surface area contributed by atoms with E-state index < -0.39 is 0 Å². The van der Waals surface area contributed by atoms with Crippen LogP contribution in [0, 0.1) is 6.92 Å². The van der Waals surface area contributed by atoms with Crippen molar-refractivity contribution in [3.8, 4) is 0 Å². The molecule has 1 N–H and O–H groups in total. The zero-order chi connectivity index (χ0) is 12.7. The molecule has 0 aliphatic rings. The topological polar surface area (TPSA) is 56.1 Å². The van der Waals surface area contributed by atoms with Gasteiger partial charge < -0.3 is 10.1 Å². The maximum absolute atomic E-state index is 11.7. The molecule has 0 radical (unpaired) electrons. The lowest BCUT2D eigenvalue weighted by molar-refractivity contribution is 0.0935. The Bertz CT molecular complexity index is 366. The summed E-state index contributed by atoms with van der Waals surface area (Å²) in [6.07, 6.45) is 0.815. The van der Waals surface area contributed by atoms with Crippen LogP contribution in [0.1, 0.15) is 22.6 Å². The second kappa shape index (κ2) is 7.45. The third-order valence-electron chi connectivity index (χ3n) is 2.21.